The van der Waals surface area contributed by atoms with Crippen LogP contribution < -0.4 is 5.32 Å². The number of aliphatic imine (C=N–C) groups is 1. The fourth-order valence-electron chi connectivity index (χ4n) is 4.58. The van der Waals surface area contributed by atoms with Gasteiger partial charge in [0.05, 0.1) is 12.4 Å². The molecule has 0 aliphatic carbocycles. The van der Waals surface area contributed by atoms with Gasteiger partial charge in [-0.05, 0) is 44.7 Å². The van der Waals surface area contributed by atoms with E-state index in [1.54, 1.807) is 0 Å². The number of hydrogen-bond donors (Lipinski definition) is 1. The number of nitrogens with zero attached hydrogens (tertiary/aromatic N) is 5. The van der Waals surface area contributed by atoms with Gasteiger partial charge in [0.1, 0.15) is 0 Å². The minimum absolute atomic E-state index is 0. The number of rotatable bonds is 6. The molecule has 1 aromatic heterocycles. The molecule has 2 aliphatic heterocycles. The van der Waals surface area contributed by atoms with E-state index in [1.165, 1.54) is 51.6 Å². The van der Waals surface area contributed by atoms with Crippen molar-refractivity contribution in [1.82, 2.24) is 24.7 Å². The van der Waals surface area contributed by atoms with Crippen molar-refractivity contribution in [2.45, 2.75) is 64.5 Å². The van der Waals surface area contributed by atoms with Crippen molar-refractivity contribution in [3.63, 3.8) is 0 Å². The highest BCUT2D eigenvalue weighted by atomic mass is 127. The van der Waals surface area contributed by atoms with Crippen LogP contribution in [0, 0.1) is 5.92 Å². The molecule has 0 saturated carbocycles. The molecule has 0 radical (unpaired) electrons. The van der Waals surface area contributed by atoms with Crippen molar-refractivity contribution in [3.8, 4) is 0 Å². The van der Waals surface area contributed by atoms with Crippen LogP contribution in [0.4, 0.5) is 0 Å². The van der Waals surface area contributed by atoms with Crippen LogP contribution in [-0.2, 0) is 0 Å². The van der Waals surface area contributed by atoms with Gasteiger partial charge in [0.25, 0.3) is 0 Å². The number of piperidine rings is 2. The molecule has 6 nitrogen and oxygen atoms in total. The van der Waals surface area contributed by atoms with Gasteiger partial charge in [-0.15, -0.1) is 24.0 Å². The first-order valence-electron chi connectivity index (χ1n) is 10.9. The van der Waals surface area contributed by atoms with Gasteiger partial charge < -0.3 is 14.8 Å². The third-order valence-electron chi connectivity index (χ3n) is 6.38. The lowest BCUT2D eigenvalue weighted by molar-refractivity contribution is 0.144. The van der Waals surface area contributed by atoms with Crippen LogP contribution in [0.25, 0.3) is 0 Å². The van der Waals surface area contributed by atoms with Gasteiger partial charge in [0.2, 0.25) is 0 Å². The van der Waals surface area contributed by atoms with E-state index in [4.69, 9.17) is 0 Å². The average Bonchev–Trinajstić information content (AvgIpc) is 3.23. The first-order valence-corrected chi connectivity index (χ1v) is 10.9. The molecule has 3 rings (SSSR count). The summed E-state index contributed by atoms with van der Waals surface area (Å²) in [6.07, 6.45) is 13.7. The van der Waals surface area contributed by atoms with Crippen LogP contribution in [-0.4, -0.2) is 71.1 Å². The zero-order valence-electron chi connectivity index (χ0n) is 17.9. The van der Waals surface area contributed by atoms with Gasteiger partial charge in [-0.1, -0.05) is 26.7 Å². The van der Waals surface area contributed by atoms with E-state index in [0.717, 1.165) is 25.6 Å². The van der Waals surface area contributed by atoms with Gasteiger partial charge in [0.15, 0.2) is 5.96 Å². The summed E-state index contributed by atoms with van der Waals surface area (Å²) in [6.45, 7) is 10.2. The highest BCUT2D eigenvalue weighted by molar-refractivity contribution is 14.0. The standard InChI is InChI=1S/C21H38N6.HI/c1-4-5-11-25-12-7-6-8-19(25)15-24-21(22-3)26-13-9-18(2)20(16-26)27-14-10-23-17-27;/h10,14,17-20H,4-9,11-13,15-16H2,1-3H3,(H,22,24);1H. The lowest BCUT2D eigenvalue weighted by Gasteiger charge is -2.40. The summed E-state index contributed by atoms with van der Waals surface area (Å²) in [6, 6.07) is 1.12. The summed E-state index contributed by atoms with van der Waals surface area (Å²) in [7, 11) is 1.92. The van der Waals surface area contributed by atoms with E-state index in [0.29, 0.717) is 18.0 Å². The van der Waals surface area contributed by atoms with E-state index in [-0.39, 0.29) is 24.0 Å². The number of aromatic nitrogens is 2. The van der Waals surface area contributed by atoms with E-state index < -0.39 is 0 Å². The summed E-state index contributed by atoms with van der Waals surface area (Å²) < 4.78 is 2.26. The summed E-state index contributed by atoms with van der Waals surface area (Å²) in [5.41, 5.74) is 0. The van der Waals surface area contributed by atoms with Crippen LogP contribution in [0.2, 0.25) is 0 Å². The third-order valence-corrected chi connectivity index (χ3v) is 6.38. The quantitative estimate of drug-likeness (QED) is 0.367. The maximum absolute atomic E-state index is 4.61. The Kier molecular flexibility index (Phi) is 10.0. The van der Waals surface area contributed by atoms with Gasteiger partial charge in [-0.2, -0.15) is 0 Å². The summed E-state index contributed by atoms with van der Waals surface area (Å²) in [4.78, 5) is 14.0. The topological polar surface area (TPSA) is 48.7 Å². The van der Waals surface area contributed by atoms with Crippen LogP contribution in [0.5, 0.6) is 0 Å². The van der Waals surface area contributed by atoms with Crippen molar-refractivity contribution in [2.75, 3.05) is 39.8 Å². The molecule has 2 aliphatic rings. The molecular weight excluding hydrogens is 463 g/mol. The molecule has 1 N–H and O–H groups in total. The van der Waals surface area contributed by atoms with Gasteiger partial charge in [-0.25, -0.2) is 4.98 Å². The molecule has 7 heteroatoms. The molecule has 3 atom stereocenters. The van der Waals surface area contributed by atoms with E-state index in [1.807, 2.05) is 19.6 Å². The highest BCUT2D eigenvalue weighted by Crippen LogP contribution is 2.27. The van der Waals surface area contributed by atoms with Crippen molar-refractivity contribution >= 4 is 29.9 Å². The molecule has 0 bridgehead atoms. The summed E-state index contributed by atoms with van der Waals surface area (Å²) >= 11 is 0. The lowest BCUT2D eigenvalue weighted by atomic mass is 9.93. The fraction of sp³-hybridized carbons (Fsp3) is 0.810. The second kappa shape index (κ2) is 12.0. The van der Waals surface area contributed by atoms with E-state index in [2.05, 4.69) is 49.7 Å². The first-order chi connectivity index (χ1) is 13.2. The van der Waals surface area contributed by atoms with Gasteiger partial charge in [0, 0.05) is 45.1 Å². The molecule has 0 spiro atoms. The fourth-order valence-corrected chi connectivity index (χ4v) is 4.58. The Morgan fingerprint density at radius 2 is 2.11 bits per heavy atom. The molecule has 0 aromatic carbocycles. The number of guanidine groups is 1. The Morgan fingerprint density at radius 3 is 2.82 bits per heavy atom. The third kappa shape index (κ3) is 6.08. The largest absolute Gasteiger partial charge is 0.355 e. The molecule has 3 unspecified atom stereocenters. The molecule has 0 amide bonds. The van der Waals surface area contributed by atoms with Crippen LogP contribution in [0.1, 0.15) is 58.4 Å². The van der Waals surface area contributed by atoms with Crippen molar-refractivity contribution in [3.05, 3.63) is 18.7 Å². The lowest BCUT2D eigenvalue weighted by Crippen LogP contribution is -2.53. The summed E-state index contributed by atoms with van der Waals surface area (Å²) in [5.74, 6) is 1.73. The highest BCUT2D eigenvalue weighted by Gasteiger charge is 2.29. The number of likely N-dealkylation sites (tertiary alicyclic amines) is 2. The number of imidazole rings is 1. The maximum atomic E-state index is 4.61. The predicted octanol–water partition coefficient (Wildman–Crippen LogP) is 3.61. The normalized spacial score (nSPS) is 26.8. The van der Waals surface area contributed by atoms with Crippen molar-refractivity contribution in [1.29, 1.82) is 0 Å². The van der Waals surface area contributed by atoms with Gasteiger partial charge >= 0.3 is 0 Å². The molecule has 160 valence electrons. The van der Waals surface area contributed by atoms with Crippen LogP contribution in [0.3, 0.4) is 0 Å². The minimum Gasteiger partial charge on any atom is -0.355 e. The predicted molar refractivity (Wildman–Crippen MR) is 128 cm³/mol. The molecule has 1 aromatic rings. The Morgan fingerprint density at radius 1 is 1.25 bits per heavy atom. The number of hydrogen-bond acceptors (Lipinski definition) is 3. The number of nitrogens with one attached hydrogen (secondary N) is 1. The Balaban J connectivity index is 0.00000280. The molecule has 2 saturated heterocycles. The number of unbranched alkanes of at least 4 members (excludes halogenated alkanes) is 1. The van der Waals surface area contributed by atoms with Gasteiger partial charge in [-0.3, -0.25) is 9.89 Å². The molecular formula is C21H39IN6. The zero-order chi connectivity index (χ0) is 19.1. The average molecular weight is 502 g/mol. The van der Waals surface area contributed by atoms with E-state index >= 15 is 0 Å². The Hall–Kier alpha value is -0.830. The van der Waals surface area contributed by atoms with Crippen molar-refractivity contribution in [2.24, 2.45) is 10.9 Å². The van der Waals surface area contributed by atoms with Crippen LogP contribution >= 0.6 is 24.0 Å². The smallest absolute Gasteiger partial charge is 0.193 e. The first kappa shape index (κ1) is 23.4. The SMILES string of the molecule is CCCCN1CCCCC1CNC(=NC)N1CCC(C)C(n2ccnc2)C1.I. The Bertz CT molecular complexity index is 575. The number of halogens is 1. The second-order valence-electron chi connectivity index (χ2n) is 8.26. The Labute approximate surface area is 188 Å². The van der Waals surface area contributed by atoms with E-state index in [9.17, 15) is 0 Å². The van der Waals surface area contributed by atoms with Crippen molar-refractivity contribution < 1.29 is 0 Å². The second-order valence-corrected chi connectivity index (χ2v) is 8.26. The summed E-state index contributed by atoms with van der Waals surface area (Å²) in [5, 5.41) is 3.71. The molecule has 2 fully saturated rings. The zero-order valence-corrected chi connectivity index (χ0v) is 20.2. The molecule has 3 heterocycles. The minimum atomic E-state index is 0. The monoisotopic (exact) mass is 502 g/mol. The maximum Gasteiger partial charge on any atom is 0.193 e. The molecule has 28 heavy (non-hydrogen) atoms. The van der Waals surface area contributed by atoms with Crippen LogP contribution in [0.15, 0.2) is 23.7 Å².